The van der Waals surface area contributed by atoms with E-state index in [0.29, 0.717) is 23.8 Å². The highest BCUT2D eigenvalue weighted by Gasteiger charge is 2.09. The zero-order valence-electron chi connectivity index (χ0n) is 14.4. The van der Waals surface area contributed by atoms with Gasteiger partial charge in [0.1, 0.15) is 5.75 Å². The lowest BCUT2D eigenvalue weighted by atomic mass is 10.2. The van der Waals surface area contributed by atoms with Crippen LogP contribution in [-0.4, -0.2) is 28.8 Å². The molecular weight excluding hydrogens is 334 g/mol. The van der Waals surface area contributed by atoms with E-state index in [1.54, 1.807) is 11.8 Å². The quantitative estimate of drug-likeness (QED) is 0.602. The molecule has 0 aliphatic carbocycles. The Hall–Kier alpha value is -2.44. The van der Waals surface area contributed by atoms with Gasteiger partial charge in [-0.25, -0.2) is 4.68 Å². The molecule has 0 aliphatic heterocycles. The smallest absolute Gasteiger partial charge is 0.288 e. The van der Waals surface area contributed by atoms with Crippen LogP contribution in [0, 0.1) is 4.84 Å². The maximum atomic E-state index is 5.62. The van der Waals surface area contributed by atoms with E-state index in [1.165, 1.54) is 5.56 Å². The molecule has 0 amide bonds. The Bertz CT molecular complexity index is 856. The van der Waals surface area contributed by atoms with Crippen LogP contribution in [0.2, 0.25) is 0 Å². The molecule has 3 aromatic rings. The molecule has 3 rings (SSSR count). The molecule has 0 aliphatic rings. The molecule has 130 valence electrons. The van der Waals surface area contributed by atoms with E-state index in [-0.39, 0.29) is 0 Å². The van der Waals surface area contributed by atoms with Gasteiger partial charge in [-0.1, -0.05) is 42.5 Å². The van der Waals surface area contributed by atoms with Crippen LogP contribution in [0.25, 0.3) is 0 Å². The highest BCUT2D eigenvalue weighted by atomic mass is 32.1. The minimum atomic E-state index is 0.396. The number of hydrogen-bond acceptors (Lipinski definition) is 5. The molecule has 0 fully saturated rings. The number of aromatic nitrogens is 2. The van der Waals surface area contributed by atoms with Crippen molar-refractivity contribution in [2.45, 2.75) is 19.6 Å². The average Bonchev–Trinajstić information content (AvgIpc) is 2.95. The van der Waals surface area contributed by atoms with Gasteiger partial charge >= 0.3 is 0 Å². The molecule has 0 saturated heterocycles. The van der Waals surface area contributed by atoms with Gasteiger partial charge in [-0.05, 0) is 42.5 Å². The summed E-state index contributed by atoms with van der Waals surface area (Å²) in [6, 6.07) is 18.1. The van der Waals surface area contributed by atoms with Gasteiger partial charge in [0.2, 0.25) is 5.89 Å². The average molecular weight is 355 g/mol. The van der Waals surface area contributed by atoms with Gasteiger partial charge in [-0.2, -0.15) is 0 Å². The fourth-order valence-electron chi connectivity index (χ4n) is 2.60. The third kappa shape index (κ3) is 4.78. The molecule has 0 bridgehead atoms. The van der Waals surface area contributed by atoms with Crippen LogP contribution in [-0.2, 0) is 19.6 Å². The van der Waals surface area contributed by atoms with Crippen molar-refractivity contribution in [1.82, 2.24) is 14.7 Å². The predicted octanol–water partition coefficient (Wildman–Crippen LogP) is 3.89. The molecule has 0 spiro atoms. The van der Waals surface area contributed by atoms with Gasteiger partial charge in [0.15, 0.2) is 0 Å². The Morgan fingerprint density at radius 1 is 1.08 bits per heavy atom. The van der Waals surface area contributed by atoms with E-state index in [0.717, 1.165) is 17.9 Å². The van der Waals surface area contributed by atoms with Crippen molar-refractivity contribution in [1.29, 1.82) is 0 Å². The molecule has 6 heteroatoms. The largest absolute Gasteiger partial charge is 0.497 e. The van der Waals surface area contributed by atoms with Crippen LogP contribution < -0.4 is 4.74 Å². The van der Waals surface area contributed by atoms with Crippen molar-refractivity contribution in [2.24, 2.45) is 0 Å². The number of rotatable bonds is 7. The first kappa shape index (κ1) is 17.4. The zero-order valence-corrected chi connectivity index (χ0v) is 15.2. The molecular formula is C19H21N3O2S. The van der Waals surface area contributed by atoms with Gasteiger partial charge in [0, 0.05) is 6.54 Å². The Kier molecular flexibility index (Phi) is 5.63. The number of benzene rings is 2. The first-order valence-corrected chi connectivity index (χ1v) is 8.47. The second-order valence-electron chi connectivity index (χ2n) is 5.93. The fraction of sp³-hybridized carbons (Fsp3) is 0.263. The fourth-order valence-corrected chi connectivity index (χ4v) is 2.80. The van der Waals surface area contributed by atoms with E-state index in [4.69, 9.17) is 21.4 Å². The first-order valence-electron chi connectivity index (χ1n) is 8.06. The Labute approximate surface area is 152 Å². The van der Waals surface area contributed by atoms with E-state index in [9.17, 15) is 0 Å². The summed E-state index contributed by atoms with van der Waals surface area (Å²) in [6.07, 6.45) is 0.639. The zero-order chi connectivity index (χ0) is 17.6. The second-order valence-corrected chi connectivity index (χ2v) is 6.28. The third-order valence-electron chi connectivity index (χ3n) is 3.83. The summed E-state index contributed by atoms with van der Waals surface area (Å²) in [5.41, 5.74) is 2.35. The first-order chi connectivity index (χ1) is 12.1. The van der Waals surface area contributed by atoms with Crippen molar-refractivity contribution < 1.29 is 9.15 Å². The lowest BCUT2D eigenvalue weighted by Crippen LogP contribution is -2.22. The molecule has 2 aromatic carbocycles. The number of ether oxygens (including phenoxy) is 1. The molecule has 1 heterocycles. The van der Waals surface area contributed by atoms with Crippen molar-refractivity contribution in [3.63, 3.8) is 0 Å². The molecule has 1 aromatic heterocycles. The minimum Gasteiger partial charge on any atom is -0.497 e. The standard InChI is InChI=1S/C19H21N3O2S/c1-21(13-16-8-10-17(23-2)11-9-16)14-22-19(25)24-18(20-22)12-15-6-4-3-5-7-15/h3-11H,12-14H2,1-2H3. The van der Waals surface area contributed by atoms with Gasteiger partial charge in [-0.15, -0.1) is 5.10 Å². The number of hydrogen-bond donors (Lipinski definition) is 0. The van der Waals surface area contributed by atoms with Crippen molar-refractivity contribution in [3.8, 4) is 5.75 Å². The number of nitrogens with zero attached hydrogens (tertiary/aromatic N) is 3. The van der Waals surface area contributed by atoms with Crippen LogP contribution in [0.1, 0.15) is 17.0 Å². The summed E-state index contributed by atoms with van der Waals surface area (Å²) in [6.45, 7) is 1.36. The van der Waals surface area contributed by atoms with E-state index < -0.39 is 0 Å². The second kappa shape index (κ2) is 8.09. The van der Waals surface area contributed by atoms with Gasteiger partial charge < -0.3 is 9.15 Å². The van der Waals surface area contributed by atoms with Crippen molar-refractivity contribution >= 4 is 12.2 Å². The third-order valence-corrected chi connectivity index (χ3v) is 4.13. The summed E-state index contributed by atoms with van der Waals surface area (Å²) in [5, 5.41) is 4.50. The SMILES string of the molecule is COc1ccc(CN(C)Cn2nc(Cc3ccccc3)oc2=S)cc1. The van der Waals surface area contributed by atoms with Crippen LogP contribution in [0.15, 0.2) is 59.0 Å². The normalized spacial score (nSPS) is 11.0. The van der Waals surface area contributed by atoms with Gasteiger partial charge in [0.05, 0.1) is 20.2 Å². The lowest BCUT2D eigenvalue weighted by Gasteiger charge is -2.16. The Morgan fingerprint density at radius 2 is 1.80 bits per heavy atom. The highest BCUT2D eigenvalue weighted by molar-refractivity contribution is 7.71. The van der Waals surface area contributed by atoms with Gasteiger partial charge in [0.25, 0.3) is 4.84 Å². The lowest BCUT2D eigenvalue weighted by molar-refractivity contribution is 0.240. The Balaban J connectivity index is 1.62. The number of methoxy groups -OCH3 is 1. The van der Waals surface area contributed by atoms with Crippen LogP contribution in [0.4, 0.5) is 0 Å². The van der Waals surface area contributed by atoms with Crippen molar-refractivity contribution in [3.05, 3.63) is 76.5 Å². The molecule has 0 N–H and O–H groups in total. The van der Waals surface area contributed by atoms with Crippen LogP contribution in [0.3, 0.4) is 0 Å². The minimum absolute atomic E-state index is 0.396. The maximum absolute atomic E-state index is 5.62. The molecule has 5 nitrogen and oxygen atoms in total. The predicted molar refractivity (Wildman–Crippen MR) is 99.0 cm³/mol. The highest BCUT2D eigenvalue weighted by Crippen LogP contribution is 2.13. The molecule has 0 unspecified atom stereocenters. The van der Waals surface area contributed by atoms with Crippen LogP contribution >= 0.6 is 12.2 Å². The van der Waals surface area contributed by atoms with Gasteiger partial charge in [-0.3, -0.25) is 4.90 Å². The summed E-state index contributed by atoms with van der Waals surface area (Å²) >= 11 is 5.30. The maximum Gasteiger partial charge on any atom is 0.288 e. The summed E-state index contributed by atoms with van der Waals surface area (Å²) in [7, 11) is 3.69. The summed E-state index contributed by atoms with van der Waals surface area (Å²) in [5.74, 6) is 1.49. The summed E-state index contributed by atoms with van der Waals surface area (Å²) in [4.78, 5) is 2.53. The molecule has 0 saturated carbocycles. The molecule has 25 heavy (non-hydrogen) atoms. The topological polar surface area (TPSA) is 43.4 Å². The van der Waals surface area contributed by atoms with E-state index >= 15 is 0 Å². The molecule has 0 radical (unpaired) electrons. The summed E-state index contributed by atoms with van der Waals surface area (Å²) < 4.78 is 12.5. The van der Waals surface area contributed by atoms with E-state index in [2.05, 4.69) is 22.1 Å². The van der Waals surface area contributed by atoms with E-state index in [1.807, 2.05) is 49.5 Å². The van der Waals surface area contributed by atoms with Crippen LogP contribution in [0.5, 0.6) is 5.75 Å². The van der Waals surface area contributed by atoms with Crippen molar-refractivity contribution in [2.75, 3.05) is 14.2 Å². The monoisotopic (exact) mass is 355 g/mol. The Morgan fingerprint density at radius 3 is 2.48 bits per heavy atom. The molecule has 0 atom stereocenters.